The first-order chi connectivity index (χ1) is 8.19. The Labute approximate surface area is 97.5 Å². The maximum atomic E-state index is 11.2. The molecule has 6 nitrogen and oxygen atoms in total. The first kappa shape index (κ1) is 12.4. The van der Waals surface area contributed by atoms with Crippen LogP contribution < -0.4 is 11.1 Å². The van der Waals surface area contributed by atoms with Crippen LogP contribution in [0.2, 0.25) is 0 Å². The van der Waals surface area contributed by atoms with E-state index in [1.807, 2.05) is 5.32 Å². The number of benzene rings is 1. The predicted molar refractivity (Wildman–Crippen MR) is 63.9 cm³/mol. The Morgan fingerprint density at radius 2 is 2.12 bits per heavy atom. The zero-order chi connectivity index (χ0) is 12.7. The van der Waals surface area contributed by atoms with Gasteiger partial charge >= 0.3 is 0 Å². The molecule has 0 radical (unpaired) electrons. The molecule has 0 saturated heterocycles. The lowest BCUT2D eigenvalue weighted by Gasteiger charge is -1.99. The van der Waals surface area contributed by atoms with Crippen molar-refractivity contribution in [1.29, 1.82) is 0 Å². The third-order valence-corrected chi connectivity index (χ3v) is 1.87. The Kier molecular flexibility index (Phi) is 4.44. The van der Waals surface area contributed by atoms with Gasteiger partial charge in [-0.3, -0.25) is 19.9 Å². The molecule has 0 aliphatic heterocycles. The Balaban J connectivity index is 2.86. The van der Waals surface area contributed by atoms with E-state index in [4.69, 9.17) is 10.8 Å². The molecule has 2 amide bonds. The molecule has 17 heavy (non-hydrogen) atoms. The average Bonchev–Trinajstić information content (AvgIpc) is 2.32. The predicted octanol–water partition coefficient (Wildman–Crippen LogP) is 0.686. The van der Waals surface area contributed by atoms with E-state index in [0.29, 0.717) is 17.6 Å². The Hall–Kier alpha value is -2.63. The van der Waals surface area contributed by atoms with Crippen LogP contribution in [0.15, 0.2) is 41.1 Å². The minimum Gasteiger partial charge on any atom is -0.515 e. The van der Waals surface area contributed by atoms with Gasteiger partial charge in [0, 0.05) is 6.21 Å². The average molecular weight is 233 g/mol. The summed E-state index contributed by atoms with van der Waals surface area (Å²) in [5.41, 5.74) is 6.38. The highest BCUT2D eigenvalue weighted by atomic mass is 16.2. The van der Waals surface area contributed by atoms with Gasteiger partial charge in [0.25, 0.3) is 5.91 Å². The standard InChI is InChI=1S/C11H11N3O3/c12-9-3-1-2-4-10(9)13-5-8(6-15)11(17)14-7-16/h1-7,15H,12H2,(H,14,16,17)/b8-6-,13-5?. The summed E-state index contributed by atoms with van der Waals surface area (Å²) in [5.74, 6) is -0.749. The summed E-state index contributed by atoms with van der Waals surface area (Å²) in [6.07, 6.45) is 1.89. The summed E-state index contributed by atoms with van der Waals surface area (Å²) in [7, 11) is 0. The topological polar surface area (TPSA) is 105 Å². The van der Waals surface area contributed by atoms with Gasteiger partial charge in [-0.15, -0.1) is 0 Å². The number of imide groups is 1. The van der Waals surface area contributed by atoms with Gasteiger partial charge in [-0.25, -0.2) is 0 Å². The number of nitrogens with zero attached hydrogens (tertiary/aromatic N) is 1. The minimum atomic E-state index is -0.749. The van der Waals surface area contributed by atoms with E-state index >= 15 is 0 Å². The molecule has 0 unspecified atom stereocenters. The molecule has 0 spiro atoms. The summed E-state index contributed by atoms with van der Waals surface area (Å²) in [6.45, 7) is 0. The number of nitrogens with two attached hydrogens (primary N) is 1. The van der Waals surface area contributed by atoms with Crippen molar-refractivity contribution in [3.05, 3.63) is 36.1 Å². The Morgan fingerprint density at radius 3 is 2.71 bits per heavy atom. The molecule has 0 saturated carbocycles. The number of anilines is 1. The molecule has 0 bridgehead atoms. The summed E-state index contributed by atoms with van der Waals surface area (Å²) in [5, 5.41) is 10.7. The normalized spacial score (nSPS) is 11.4. The zero-order valence-electron chi connectivity index (χ0n) is 8.83. The number of nitrogen functional groups attached to an aromatic ring is 1. The van der Waals surface area contributed by atoms with Crippen LogP contribution in [0.3, 0.4) is 0 Å². The molecule has 1 rings (SSSR count). The molecule has 4 N–H and O–H groups in total. The maximum Gasteiger partial charge on any atom is 0.262 e. The van der Waals surface area contributed by atoms with Crippen molar-refractivity contribution in [2.75, 3.05) is 5.73 Å². The lowest BCUT2D eigenvalue weighted by molar-refractivity contribution is -0.122. The number of aliphatic hydroxyl groups excluding tert-OH is 1. The van der Waals surface area contributed by atoms with Gasteiger partial charge in [0.2, 0.25) is 6.41 Å². The largest absolute Gasteiger partial charge is 0.515 e. The van der Waals surface area contributed by atoms with Gasteiger partial charge in [0.05, 0.1) is 23.2 Å². The van der Waals surface area contributed by atoms with Crippen molar-refractivity contribution < 1.29 is 14.7 Å². The van der Waals surface area contributed by atoms with E-state index in [2.05, 4.69) is 4.99 Å². The van der Waals surface area contributed by atoms with Crippen molar-refractivity contribution in [3.63, 3.8) is 0 Å². The molecular formula is C11H11N3O3. The number of hydrogen-bond donors (Lipinski definition) is 3. The number of carbonyl (C=O) groups is 2. The maximum absolute atomic E-state index is 11.2. The van der Waals surface area contributed by atoms with E-state index in [1.54, 1.807) is 24.3 Å². The lowest BCUT2D eigenvalue weighted by Crippen LogP contribution is -2.23. The highest BCUT2D eigenvalue weighted by Gasteiger charge is 2.05. The van der Waals surface area contributed by atoms with Gasteiger partial charge in [0.15, 0.2) is 0 Å². The molecule has 0 atom stereocenters. The number of aliphatic imine (C=N–C) groups is 1. The number of rotatable bonds is 4. The van der Waals surface area contributed by atoms with Crippen LogP contribution in [0.25, 0.3) is 0 Å². The molecule has 0 heterocycles. The van der Waals surface area contributed by atoms with Crippen LogP contribution >= 0.6 is 0 Å². The van der Waals surface area contributed by atoms with Gasteiger partial charge in [-0.2, -0.15) is 0 Å². The summed E-state index contributed by atoms with van der Waals surface area (Å²) < 4.78 is 0. The van der Waals surface area contributed by atoms with E-state index in [-0.39, 0.29) is 12.0 Å². The molecule has 0 aliphatic rings. The van der Waals surface area contributed by atoms with E-state index in [1.165, 1.54) is 0 Å². The summed E-state index contributed by atoms with van der Waals surface area (Å²) in [4.78, 5) is 25.2. The third kappa shape index (κ3) is 3.45. The number of aliphatic hydroxyl groups is 1. The van der Waals surface area contributed by atoms with Crippen LogP contribution in [-0.4, -0.2) is 23.6 Å². The summed E-state index contributed by atoms with van der Waals surface area (Å²) in [6, 6.07) is 6.78. The van der Waals surface area contributed by atoms with E-state index < -0.39 is 5.91 Å². The van der Waals surface area contributed by atoms with Crippen molar-refractivity contribution in [2.24, 2.45) is 4.99 Å². The molecule has 88 valence electrons. The monoisotopic (exact) mass is 233 g/mol. The second-order valence-electron chi connectivity index (χ2n) is 2.99. The van der Waals surface area contributed by atoms with E-state index in [9.17, 15) is 9.59 Å². The van der Waals surface area contributed by atoms with Gasteiger partial charge in [-0.05, 0) is 12.1 Å². The lowest BCUT2D eigenvalue weighted by atomic mass is 10.2. The quantitative estimate of drug-likeness (QED) is 0.234. The zero-order valence-corrected chi connectivity index (χ0v) is 8.83. The number of nitrogens with one attached hydrogen (secondary N) is 1. The van der Waals surface area contributed by atoms with Crippen molar-refractivity contribution in [1.82, 2.24) is 5.32 Å². The van der Waals surface area contributed by atoms with Crippen molar-refractivity contribution >= 4 is 29.9 Å². The fraction of sp³-hybridized carbons (Fsp3) is 0. The number of hydrogen-bond acceptors (Lipinski definition) is 5. The van der Waals surface area contributed by atoms with Crippen LogP contribution in [0.1, 0.15) is 0 Å². The van der Waals surface area contributed by atoms with Crippen LogP contribution in [0.4, 0.5) is 11.4 Å². The number of amides is 2. The highest BCUT2D eigenvalue weighted by Crippen LogP contribution is 2.20. The molecule has 1 aromatic rings. The first-order valence-electron chi connectivity index (χ1n) is 4.66. The fourth-order valence-electron chi connectivity index (χ4n) is 1.03. The molecule has 0 aromatic heterocycles. The van der Waals surface area contributed by atoms with Crippen LogP contribution in [-0.2, 0) is 9.59 Å². The van der Waals surface area contributed by atoms with Gasteiger partial charge in [-0.1, -0.05) is 12.1 Å². The van der Waals surface area contributed by atoms with Crippen molar-refractivity contribution in [3.8, 4) is 0 Å². The smallest absolute Gasteiger partial charge is 0.262 e. The summed E-state index contributed by atoms with van der Waals surface area (Å²) >= 11 is 0. The first-order valence-corrected chi connectivity index (χ1v) is 4.66. The van der Waals surface area contributed by atoms with Gasteiger partial charge in [0.1, 0.15) is 0 Å². The molecular weight excluding hydrogens is 222 g/mol. The number of carbonyl (C=O) groups excluding carboxylic acids is 2. The molecule has 0 aliphatic carbocycles. The Bertz CT molecular complexity index is 481. The van der Waals surface area contributed by atoms with Crippen molar-refractivity contribution in [2.45, 2.75) is 0 Å². The van der Waals surface area contributed by atoms with Gasteiger partial charge < -0.3 is 10.8 Å². The number of para-hydroxylation sites is 2. The van der Waals surface area contributed by atoms with E-state index in [0.717, 1.165) is 6.21 Å². The minimum absolute atomic E-state index is 0.152. The highest BCUT2D eigenvalue weighted by molar-refractivity contribution is 6.14. The second-order valence-corrected chi connectivity index (χ2v) is 2.99. The third-order valence-electron chi connectivity index (χ3n) is 1.87. The molecule has 0 fully saturated rings. The fourth-order valence-corrected chi connectivity index (χ4v) is 1.03. The molecule has 6 heteroatoms. The Morgan fingerprint density at radius 1 is 1.41 bits per heavy atom. The SMILES string of the molecule is Nc1ccccc1N=C/C(=C/O)C(=O)NC=O. The molecule has 1 aromatic carbocycles. The van der Waals surface area contributed by atoms with Crippen LogP contribution in [0.5, 0.6) is 0 Å². The second kappa shape index (κ2) is 6.06. The van der Waals surface area contributed by atoms with Crippen LogP contribution in [0, 0.1) is 0 Å².